The van der Waals surface area contributed by atoms with E-state index in [-0.39, 0.29) is 32.8 Å². The number of rotatable bonds is 8. The number of aryl methyl sites for hydroxylation is 2. The predicted molar refractivity (Wildman–Crippen MR) is 171 cm³/mol. The van der Waals surface area contributed by atoms with Gasteiger partial charge in [0.15, 0.2) is 0 Å². The fourth-order valence-corrected chi connectivity index (χ4v) is 35.3. The van der Waals surface area contributed by atoms with Crippen LogP contribution in [-0.4, -0.2) is 27.1 Å². The molecule has 1 saturated heterocycles. The van der Waals surface area contributed by atoms with E-state index >= 15 is 0 Å². The number of nitrogens with zero attached hydrogens (tertiary/aromatic N) is 4. The summed E-state index contributed by atoms with van der Waals surface area (Å²) in [5.74, 6) is 0.819. The first kappa shape index (κ1) is 32.0. The second-order valence-electron chi connectivity index (χ2n) is 8.89. The first-order valence-electron chi connectivity index (χ1n) is 11.3. The molecular weight excluding hydrogens is 759 g/mol. The van der Waals surface area contributed by atoms with Gasteiger partial charge in [-0.3, -0.25) is 0 Å². The second kappa shape index (κ2) is 10.0. The SMILES string of the molecule is Cc1cc(NS(=O)(=O)c2ccc(N3P(Cl)(Cl)(Cl)N(c4ccc(S(=O)(=O)Nc5cc(C)on5)cc4)P3(Cl)(Cl)Cl)cc2)no1. The van der Waals surface area contributed by atoms with Gasteiger partial charge in [0.25, 0.3) is 0 Å². The average Bonchev–Trinajstić information content (AvgIpc) is 3.43. The molecule has 2 N–H and O–H groups in total. The van der Waals surface area contributed by atoms with Gasteiger partial charge in [-0.2, -0.15) is 0 Å². The van der Waals surface area contributed by atoms with Gasteiger partial charge in [-0.1, -0.05) is 0 Å². The molecule has 2 aromatic heterocycles. The first-order valence-corrected chi connectivity index (χ1v) is 23.9. The molecule has 0 saturated carbocycles. The van der Waals surface area contributed by atoms with Gasteiger partial charge in [-0.25, -0.2) is 0 Å². The molecule has 0 bridgehead atoms. The van der Waals surface area contributed by atoms with E-state index in [0.29, 0.717) is 11.5 Å². The van der Waals surface area contributed by atoms with Crippen molar-refractivity contribution in [3.63, 3.8) is 0 Å². The molecule has 0 spiro atoms. The van der Waals surface area contributed by atoms with Crippen molar-refractivity contribution in [3.8, 4) is 0 Å². The fourth-order valence-electron chi connectivity index (χ4n) is 4.05. The van der Waals surface area contributed by atoms with E-state index in [0.717, 1.165) is 8.88 Å². The topological polar surface area (TPSA) is 151 Å². The van der Waals surface area contributed by atoms with Gasteiger partial charge in [0.05, 0.1) is 0 Å². The second-order valence-corrected chi connectivity index (χ2v) is 32.1. The molecule has 0 radical (unpaired) electrons. The number of benzene rings is 2. The van der Waals surface area contributed by atoms with Crippen molar-refractivity contribution < 1.29 is 25.9 Å². The Hall–Kier alpha value is -1.44. The number of halogens is 6. The van der Waals surface area contributed by atoms with Crippen molar-refractivity contribution >= 4 is 120 Å². The summed E-state index contributed by atoms with van der Waals surface area (Å²) in [5.41, 5.74) is 0.258. The molecule has 22 heteroatoms. The molecular formula is C20H18Cl6N6O6P2S2. The molecule has 2 aromatic carbocycles. The number of anilines is 4. The van der Waals surface area contributed by atoms with Gasteiger partial charge in [0.1, 0.15) is 0 Å². The average molecular weight is 777 g/mol. The van der Waals surface area contributed by atoms with Crippen molar-refractivity contribution in [3.05, 3.63) is 72.2 Å². The van der Waals surface area contributed by atoms with E-state index in [1.54, 1.807) is 13.8 Å². The van der Waals surface area contributed by atoms with Gasteiger partial charge >= 0.3 is 271 Å². The Morgan fingerprint density at radius 3 is 1.19 bits per heavy atom. The zero-order valence-corrected chi connectivity index (χ0v) is 28.9. The molecule has 5 rings (SSSR count). The summed E-state index contributed by atoms with van der Waals surface area (Å²) in [5, 5.41) is 7.22. The van der Waals surface area contributed by atoms with Crippen molar-refractivity contribution in [1.82, 2.24) is 10.3 Å². The molecule has 0 amide bonds. The van der Waals surface area contributed by atoms with Crippen LogP contribution < -0.4 is 18.3 Å². The molecule has 0 aliphatic carbocycles. The summed E-state index contributed by atoms with van der Waals surface area (Å²) < 4.78 is 67.6. The molecule has 42 heavy (non-hydrogen) atoms. The minimum absolute atomic E-state index is 0.00258. The molecule has 4 aromatic rings. The maximum absolute atomic E-state index is 12.8. The molecule has 0 atom stereocenters. The fraction of sp³-hybridized carbons (Fsp3) is 0.100. The van der Waals surface area contributed by atoms with Crippen LogP contribution >= 0.6 is 77.4 Å². The Labute approximate surface area is 269 Å². The third kappa shape index (κ3) is 5.60. The molecule has 12 nitrogen and oxygen atoms in total. The molecule has 1 aliphatic heterocycles. The van der Waals surface area contributed by atoms with Crippen molar-refractivity contribution in [2.45, 2.75) is 23.6 Å². The van der Waals surface area contributed by atoms with Crippen molar-refractivity contribution in [2.24, 2.45) is 0 Å². The minimum atomic E-state index is -4.77. The number of hydrogen-bond donors (Lipinski definition) is 2. The molecule has 1 fully saturated rings. The Morgan fingerprint density at radius 1 is 0.619 bits per heavy atom. The van der Waals surface area contributed by atoms with Crippen LogP contribution in [0.15, 0.2) is 79.5 Å². The Kier molecular flexibility index (Phi) is 7.64. The van der Waals surface area contributed by atoms with Crippen LogP contribution in [0, 0.1) is 13.8 Å². The predicted octanol–water partition coefficient (Wildman–Crippen LogP) is 8.90. The normalized spacial score (nSPS) is 20.8. The molecule has 3 heterocycles. The van der Waals surface area contributed by atoms with Crippen molar-refractivity contribution in [1.29, 1.82) is 0 Å². The van der Waals surface area contributed by atoms with E-state index in [9.17, 15) is 16.8 Å². The number of sulfonamides is 2. The van der Waals surface area contributed by atoms with E-state index in [4.69, 9.17) is 76.5 Å². The monoisotopic (exact) mass is 774 g/mol. The van der Waals surface area contributed by atoms with Gasteiger partial charge in [0.2, 0.25) is 0 Å². The first-order chi connectivity index (χ1) is 19.2. The van der Waals surface area contributed by atoms with Crippen LogP contribution in [0.3, 0.4) is 0 Å². The van der Waals surface area contributed by atoms with Gasteiger partial charge in [-0.05, 0) is 0 Å². The third-order valence-electron chi connectivity index (χ3n) is 5.69. The summed E-state index contributed by atoms with van der Waals surface area (Å²) in [6, 6.07) is 13.1. The van der Waals surface area contributed by atoms with Crippen LogP contribution in [-0.2, 0) is 20.0 Å². The van der Waals surface area contributed by atoms with Crippen LogP contribution in [0.4, 0.5) is 23.0 Å². The summed E-state index contributed by atoms with van der Waals surface area (Å²) in [4.78, 5) is -9.83. The van der Waals surface area contributed by atoms with E-state index in [2.05, 4.69) is 19.8 Å². The van der Waals surface area contributed by atoms with Crippen LogP contribution in [0.25, 0.3) is 0 Å². The summed E-state index contributed by atoms with van der Waals surface area (Å²) in [6.07, 6.45) is 0. The van der Waals surface area contributed by atoms with Gasteiger partial charge in [0, 0.05) is 0 Å². The quantitative estimate of drug-likeness (QED) is 0.166. The van der Waals surface area contributed by atoms with E-state index in [1.807, 2.05) is 0 Å². The molecule has 1 aliphatic rings. The van der Waals surface area contributed by atoms with E-state index < -0.39 is 30.0 Å². The number of hydrogen-bond acceptors (Lipinski definition) is 10. The van der Waals surface area contributed by atoms with Gasteiger partial charge < -0.3 is 0 Å². The Morgan fingerprint density at radius 2 is 0.929 bits per heavy atom. The van der Waals surface area contributed by atoms with Crippen LogP contribution in [0.5, 0.6) is 0 Å². The van der Waals surface area contributed by atoms with E-state index in [1.165, 1.54) is 60.7 Å². The van der Waals surface area contributed by atoms with Crippen molar-refractivity contribution in [2.75, 3.05) is 18.3 Å². The van der Waals surface area contributed by atoms with Crippen LogP contribution in [0.1, 0.15) is 11.5 Å². The summed E-state index contributed by atoms with van der Waals surface area (Å²) in [6.45, 7) is 3.22. The maximum atomic E-state index is 12.8. The number of nitrogens with one attached hydrogen (secondary N) is 2. The zero-order chi connectivity index (χ0) is 31.0. The van der Waals surface area contributed by atoms with Crippen LogP contribution in [0.2, 0.25) is 0 Å². The third-order valence-corrected chi connectivity index (χ3v) is 25.2. The standard InChI is InChI=1S/C20H18Cl6N6O6P2S2/c1-13-11-19(27-37-13)29-41(33,34)17-7-3-15(4-8-17)31-39(21,22,23)32(40(31,24,25)26)16-5-9-18(10-6-16)42(35,36)30-20-12-14(2)38-28-20/h3-12H,1-2H3,(H,27,29)(H,28,30). The Bertz CT molecular complexity index is 1750. The summed E-state index contributed by atoms with van der Waals surface area (Å²) >= 11 is 40.8. The molecule has 0 unspecified atom stereocenters. The summed E-state index contributed by atoms with van der Waals surface area (Å²) in [7, 11) is -8.10. The molecule has 228 valence electrons. The van der Waals surface area contributed by atoms with Gasteiger partial charge in [-0.15, -0.1) is 0 Å². The Balaban J connectivity index is 1.43. The zero-order valence-electron chi connectivity index (χ0n) is 21.0. The number of aromatic nitrogens is 2.